The van der Waals surface area contributed by atoms with Gasteiger partial charge in [-0.3, -0.25) is 9.52 Å². The monoisotopic (exact) mass is 552 g/mol. The molecule has 4 aromatic rings. The number of piperidine rings is 1. The van der Waals surface area contributed by atoms with Gasteiger partial charge in [-0.15, -0.1) is 0 Å². The fraction of sp³-hybridized carbons (Fsp3) is 0.259. The standard InChI is InChI=1S/C27H28N4O5S2/c1-35-22-11-7-20(8-12-22)30-38(33,34)23-13-14-25-24(17-23)29-27(36-25)37-18-26(32)28-19-5-9-21(10-6-19)31-15-3-2-4-16-31/h5-14,17,30H,2-4,15-16,18H2,1H3,(H,28,32). The van der Waals surface area contributed by atoms with Crippen LogP contribution in [0.15, 0.2) is 81.3 Å². The Morgan fingerprint density at radius 2 is 1.71 bits per heavy atom. The molecule has 0 aliphatic carbocycles. The molecule has 1 aliphatic heterocycles. The third-order valence-corrected chi connectivity index (χ3v) is 8.40. The highest BCUT2D eigenvalue weighted by Gasteiger charge is 2.18. The maximum Gasteiger partial charge on any atom is 0.261 e. The Morgan fingerprint density at radius 3 is 2.42 bits per heavy atom. The third kappa shape index (κ3) is 6.22. The number of nitrogens with one attached hydrogen (secondary N) is 2. The van der Waals surface area contributed by atoms with Crippen molar-refractivity contribution < 1.29 is 22.4 Å². The van der Waals surface area contributed by atoms with E-state index in [1.807, 2.05) is 24.3 Å². The fourth-order valence-electron chi connectivity index (χ4n) is 4.22. The van der Waals surface area contributed by atoms with Gasteiger partial charge in [-0.05, 0) is 86.0 Å². The first kappa shape index (κ1) is 25.9. The quantitative estimate of drug-likeness (QED) is 0.267. The summed E-state index contributed by atoms with van der Waals surface area (Å²) in [4.78, 5) is 19.3. The summed E-state index contributed by atoms with van der Waals surface area (Å²) in [5.74, 6) is 0.543. The number of aromatic nitrogens is 1. The van der Waals surface area contributed by atoms with Crippen molar-refractivity contribution in [2.45, 2.75) is 29.4 Å². The molecule has 1 saturated heterocycles. The lowest BCUT2D eigenvalue weighted by Gasteiger charge is -2.28. The summed E-state index contributed by atoms with van der Waals surface area (Å²) in [7, 11) is -2.29. The summed E-state index contributed by atoms with van der Waals surface area (Å²) >= 11 is 1.14. The van der Waals surface area contributed by atoms with Gasteiger partial charge in [-0.1, -0.05) is 11.8 Å². The molecule has 1 aromatic heterocycles. The second-order valence-corrected chi connectivity index (χ2v) is 11.5. The molecule has 198 valence electrons. The number of methoxy groups -OCH3 is 1. The zero-order valence-corrected chi connectivity index (χ0v) is 22.5. The van der Waals surface area contributed by atoms with Crippen molar-refractivity contribution in [1.82, 2.24) is 4.98 Å². The molecule has 3 aromatic carbocycles. The van der Waals surface area contributed by atoms with Crippen molar-refractivity contribution in [3.05, 3.63) is 66.7 Å². The highest BCUT2D eigenvalue weighted by molar-refractivity contribution is 7.99. The molecule has 9 nitrogen and oxygen atoms in total. The zero-order chi connectivity index (χ0) is 26.5. The molecular weight excluding hydrogens is 524 g/mol. The molecule has 0 atom stereocenters. The van der Waals surface area contributed by atoms with E-state index in [2.05, 4.69) is 19.9 Å². The topological polar surface area (TPSA) is 114 Å². The molecule has 11 heteroatoms. The summed E-state index contributed by atoms with van der Waals surface area (Å²) in [6.45, 7) is 2.14. The Hall–Kier alpha value is -3.70. The molecule has 1 aliphatic rings. The van der Waals surface area contributed by atoms with Crippen LogP contribution in [0.3, 0.4) is 0 Å². The van der Waals surface area contributed by atoms with Crippen LogP contribution in [0.2, 0.25) is 0 Å². The molecule has 38 heavy (non-hydrogen) atoms. The zero-order valence-electron chi connectivity index (χ0n) is 20.8. The molecule has 0 unspecified atom stereocenters. The lowest BCUT2D eigenvalue weighted by atomic mass is 10.1. The van der Waals surface area contributed by atoms with Crippen molar-refractivity contribution in [1.29, 1.82) is 0 Å². The van der Waals surface area contributed by atoms with Gasteiger partial charge in [0.25, 0.3) is 15.2 Å². The lowest BCUT2D eigenvalue weighted by molar-refractivity contribution is -0.113. The van der Waals surface area contributed by atoms with Gasteiger partial charge < -0.3 is 19.4 Å². The molecule has 2 N–H and O–H groups in total. The van der Waals surface area contributed by atoms with E-state index in [9.17, 15) is 13.2 Å². The van der Waals surface area contributed by atoms with E-state index < -0.39 is 10.0 Å². The summed E-state index contributed by atoms with van der Waals surface area (Å²) < 4.78 is 39.0. The smallest absolute Gasteiger partial charge is 0.261 e. The predicted molar refractivity (Wildman–Crippen MR) is 150 cm³/mol. The Morgan fingerprint density at radius 1 is 1.00 bits per heavy atom. The SMILES string of the molecule is COc1ccc(NS(=O)(=O)c2ccc3oc(SCC(=O)Nc4ccc(N5CCCCC5)cc4)nc3c2)cc1. The summed E-state index contributed by atoms with van der Waals surface area (Å²) in [6.07, 6.45) is 3.71. The number of thioether (sulfide) groups is 1. The van der Waals surface area contributed by atoms with Crippen molar-refractivity contribution in [3.8, 4) is 5.75 Å². The van der Waals surface area contributed by atoms with Crippen LogP contribution in [-0.2, 0) is 14.8 Å². The number of hydrogen-bond acceptors (Lipinski definition) is 8. The number of nitrogens with zero attached hydrogens (tertiary/aromatic N) is 2. The van der Waals surface area contributed by atoms with Gasteiger partial charge in [0.05, 0.1) is 17.8 Å². The minimum absolute atomic E-state index is 0.0522. The first-order valence-corrected chi connectivity index (χ1v) is 14.7. The van der Waals surface area contributed by atoms with E-state index >= 15 is 0 Å². The first-order chi connectivity index (χ1) is 18.4. The van der Waals surface area contributed by atoms with Crippen LogP contribution >= 0.6 is 11.8 Å². The van der Waals surface area contributed by atoms with Crippen LogP contribution in [0.25, 0.3) is 11.1 Å². The van der Waals surface area contributed by atoms with E-state index in [1.54, 1.807) is 37.4 Å². The van der Waals surface area contributed by atoms with Crippen LogP contribution < -0.4 is 19.7 Å². The first-order valence-electron chi connectivity index (χ1n) is 12.2. The van der Waals surface area contributed by atoms with Gasteiger partial charge >= 0.3 is 0 Å². The number of rotatable bonds is 9. The van der Waals surface area contributed by atoms with Gasteiger partial charge in [-0.25, -0.2) is 13.4 Å². The second kappa shape index (κ2) is 11.4. The second-order valence-electron chi connectivity index (χ2n) is 8.87. The van der Waals surface area contributed by atoms with Crippen LogP contribution in [0.1, 0.15) is 19.3 Å². The van der Waals surface area contributed by atoms with Gasteiger partial charge in [0, 0.05) is 30.2 Å². The van der Waals surface area contributed by atoms with Gasteiger partial charge in [0.1, 0.15) is 11.3 Å². The molecular formula is C27H28N4O5S2. The molecule has 0 radical (unpaired) electrons. The number of benzene rings is 3. The number of ether oxygens (including phenoxy) is 1. The van der Waals surface area contributed by atoms with Crippen LogP contribution in [0.5, 0.6) is 5.75 Å². The van der Waals surface area contributed by atoms with E-state index in [-0.39, 0.29) is 21.8 Å². The minimum atomic E-state index is -3.83. The highest BCUT2D eigenvalue weighted by atomic mass is 32.2. The van der Waals surface area contributed by atoms with Crippen molar-refractivity contribution in [3.63, 3.8) is 0 Å². The molecule has 0 spiro atoms. The van der Waals surface area contributed by atoms with Crippen LogP contribution in [0.4, 0.5) is 17.1 Å². The number of sulfonamides is 1. The molecule has 0 saturated carbocycles. The number of amides is 1. The summed E-state index contributed by atoms with van der Waals surface area (Å²) in [6, 6.07) is 18.9. The Labute approximate surface area is 225 Å². The molecule has 2 heterocycles. The number of hydrogen-bond donors (Lipinski definition) is 2. The normalized spacial score (nSPS) is 13.9. The summed E-state index contributed by atoms with van der Waals surface area (Å²) in [5, 5.41) is 3.18. The average Bonchev–Trinajstić information content (AvgIpc) is 3.35. The highest BCUT2D eigenvalue weighted by Crippen LogP contribution is 2.27. The Kier molecular flexibility index (Phi) is 7.75. The molecule has 5 rings (SSSR count). The van der Waals surface area contributed by atoms with Crippen LogP contribution in [-0.4, -0.2) is 45.3 Å². The number of anilines is 3. The van der Waals surface area contributed by atoms with Crippen molar-refractivity contribution >= 4 is 55.9 Å². The minimum Gasteiger partial charge on any atom is -0.497 e. The van der Waals surface area contributed by atoms with Gasteiger partial charge in [0.15, 0.2) is 5.58 Å². The number of oxazole rings is 1. The van der Waals surface area contributed by atoms with Crippen molar-refractivity contribution in [2.75, 3.05) is 40.9 Å². The van der Waals surface area contributed by atoms with Crippen LogP contribution in [0, 0.1) is 0 Å². The maximum atomic E-state index is 12.8. The Bertz CT molecular complexity index is 1510. The molecule has 1 fully saturated rings. The van der Waals surface area contributed by atoms with Crippen molar-refractivity contribution in [2.24, 2.45) is 0 Å². The van der Waals surface area contributed by atoms with Gasteiger partial charge in [-0.2, -0.15) is 0 Å². The number of carbonyl (C=O) groups is 1. The Balaban J connectivity index is 1.18. The van der Waals surface area contributed by atoms with E-state index in [4.69, 9.17) is 9.15 Å². The van der Waals surface area contributed by atoms with Gasteiger partial charge in [0.2, 0.25) is 5.91 Å². The lowest BCUT2D eigenvalue weighted by Crippen LogP contribution is -2.29. The fourth-order valence-corrected chi connectivity index (χ4v) is 5.94. The van der Waals surface area contributed by atoms with E-state index in [0.29, 0.717) is 22.5 Å². The maximum absolute atomic E-state index is 12.8. The number of carbonyl (C=O) groups excluding carboxylic acids is 1. The predicted octanol–water partition coefficient (Wildman–Crippen LogP) is 5.36. The molecule has 0 bridgehead atoms. The largest absolute Gasteiger partial charge is 0.497 e. The number of fused-ring (bicyclic) bond motifs is 1. The van der Waals surface area contributed by atoms with E-state index in [1.165, 1.54) is 37.1 Å². The third-order valence-electron chi connectivity index (χ3n) is 6.19. The average molecular weight is 553 g/mol. The van der Waals surface area contributed by atoms with E-state index in [0.717, 1.165) is 30.5 Å². The molecule has 1 amide bonds. The summed E-state index contributed by atoms with van der Waals surface area (Å²) in [5.41, 5.74) is 3.13.